The minimum absolute atomic E-state index is 0.0880. The van der Waals surface area contributed by atoms with Gasteiger partial charge >= 0.3 is 11.8 Å². The summed E-state index contributed by atoms with van der Waals surface area (Å²) in [6.07, 6.45) is 2.81. The number of aryl methyl sites for hydroxylation is 1. The zero-order chi connectivity index (χ0) is 24.3. The summed E-state index contributed by atoms with van der Waals surface area (Å²) in [5.41, 5.74) is 4.48. The molecule has 0 aliphatic rings. The first kappa shape index (κ1) is 24.1. The molecule has 0 spiro atoms. The maximum absolute atomic E-state index is 12.1. The number of nitrogens with one attached hydrogen (secondary N) is 3. The summed E-state index contributed by atoms with van der Waals surface area (Å²) in [5.74, 6) is -0.834. The van der Waals surface area contributed by atoms with Gasteiger partial charge in [-0.1, -0.05) is 17.7 Å². The van der Waals surface area contributed by atoms with Crippen LogP contribution in [0.4, 0.5) is 5.69 Å². The van der Waals surface area contributed by atoms with Crippen LogP contribution in [0.5, 0.6) is 11.5 Å². The lowest BCUT2D eigenvalue weighted by molar-refractivity contribution is -0.139. The van der Waals surface area contributed by atoms with Crippen LogP contribution in [0.2, 0.25) is 0 Å². The lowest BCUT2D eigenvalue weighted by atomic mass is 10.2. The Kier molecular flexibility index (Phi) is 8.39. The van der Waals surface area contributed by atoms with Gasteiger partial charge in [-0.2, -0.15) is 5.10 Å². The molecule has 0 saturated carbocycles. The molecule has 3 amide bonds. The fraction of sp³-hybridized carbons (Fsp3) is 0.167. The molecule has 0 fully saturated rings. The Morgan fingerprint density at radius 3 is 2.53 bits per heavy atom. The van der Waals surface area contributed by atoms with E-state index < -0.39 is 11.8 Å². The molecule has 3 rings (SSSR count). The quantitative estimate of drug-likeness (QED) is 0.253. The first-order chi connectivity index (χ1) is 16.4. The molecule has 0 bridgehead atoms. The van der Waals surface area contributed by atoms with Crippen molar-refractivity contribution in [3.05, 3.63) is 77.7 Å². The Morgan fingerprint density at radius 2 is 1.82 bits per heavy atom. The molecule has 2 aromatic carbocycles. The molecule has 10 nitrogen and oxygen atoms in total. The summed E-state index contributed by atoms with van der Waals surface area (Å²) < 4.78 is 15.9. The molecular formula is C24H24N4O6. The van der Waals surface area contributed by atoms with Gasteiger partial charge in [-0.05, 0) is 55.0 Å². The van der Waals surface area contributed by atoms with Crippen LogP contribution >= 0.6 is 0 Å². The molecule has 1 heterocycles. The highest BCUT2D eigenvalue weighted by molar-refractivity contribution is 6.35. The van der Waals surface area contributed by atoms with Gasteiger partial charge in [0.25, 0.3) is 5.91 Å². The highest BCUT2D eigenvalue weighted by atomic mass is 16.5. The molecule has 0 aliphatic heterocycles. The average Bonchev–Trinajstić information content (AvgIpc) is 3.36. The number of benzene rings is 2. The van der Waals surface area contributed by atoms with E-state index in [0.29, 0.717) is 28.5 Å². The van der Waals surface area contributed by atoms with E-state index in [2.05, 4.69) is 21.2 Å². The second-order valence-electron chi connectivity index (χ2n) is 7.07. The average molecular weight is 464 g/mol. The van der Waals surface area contributed by atoms with Crippen molar-refractivity contribution in [2.45, 2.75) is 13.5 Å². The maximum atomic E-state index is 12.1. The molecule has 0 radical (unpaired) electrons. The Balaban J connectivity index is 1.48. The van der Waals surface area contributed by atoms with Crippen LogP contribution in [0.15, 0.2) is 70.4 Å². The molecule has 1 aromatic heterocycles. The van der Waals surface area contributed by atoms with Crippen LogP contribution in [0.3, 0.4) is 0 Å². The number of nitrogens with zero attached hydrogens (tertiary/aromatic N) is 1. The Hall–Kier alpha value is -4.60. The highest BCUT2D eigenvalue weighted by Crippen LogP contribution is 2.27. The van der Waals surface area contributed by atoms with Crippen LogP contribution < -0.4 is 25.5 Å². The minimum atomic E-state index is -0.922. The van der Waals surface area contributed by atoms with E-state index in [4.69, 9.17) is 13.9 Å². The summed E-state index contributed by atoms with van der Waals surface area (Å²) in [7, 11) is 1.46. The molecule has 176 valence electrons. The molecule has 3 aromatic rings. The third-order valence-electron chi connectivity index (χ3n) is 4.47. The van der Waals surface area contributed by atoms with Crippen molar-refractivity contribution >= 4 is 29.6 Å². The molecular weight excluding hydrogens is 440 g/mol. The number of hydrogen-bond acceptors (Lipinski definition) is 7. The van der Waals surface area contributed by atoms with Crippen molar-refractivity contribution in [1.82, 2.24) is 10.7 Å². The first-order valence-corrected chi connectivity index (χ1v) is 10.3. The lowest BCUT2D eigenvalue weighted by Gasteiger charge is -2.11. The molecule has 3 N–H and O–H groups in total. The topological polar surface area (TPSA) is 131 Å². The lowest BCUT2D eigenvalue weighted by Crippen LogP contribution is -2.37. The molecule has 0 aliphatic carbocycles. The SMILES string of the molecule is COc1cc(/C=N\NC(=O)C(=O)NCc2ccco2)ccc1OCC(=O)Nc1ccc(C)cc1. The Bertz CT molecular complexity index is 1160. The van der Waals surface area contributed by atoms with Gasteiger partial charge in [-0.25, -0.2) is 5.43 Å². The number of hydrazone groups is 1. The van der Waals surface area contributed by atoms with Gasteiger partial charge in [-0.3, -0.25) is 14.4 Å². The number of rotatable bonds is 9. The van der Waals surface area contributed by atoms with Crippen molar-refractivity contribution in [2.75, 3.05) is 19.0 Å². The maximum Gasteiger partial charge on any atom is 0.329 e. The van der Waals surface area contributed by atoms with E-state index >= 15 is 0 Å². The zero-order valence-electron chi connectivity index (χ0n) is 18.7. The minimum Gasteiger partial charge on any atom is -0.493 e. The molecule has 34 heavy (non-hydrogen) atoms. The molecule has 0 saturated heterocycles. The molecule has 10 heteroatoms. The number of carbonyl (C=O) groups excluding carboxylic acids is 3. The van der Waals surface area contributed by atoms with Crippen LogP contribution in [-0.2, 0) is 20.9 Å². The van der Waals surface area contributed by atoms with Gasteiger partial charge in [0.05, 0.1) is 26.1 Å². The van der Waals surface area contributed by atoms with E-state index in [-0.39, 0.29) is 19.1 Å². The van der Waals surface area contributed by atoms with Crippen LogP contribution in [-0.4, -0.2) is 37.7 Å². The van der Waals surface area contributed by atoms with E-state index in [0.717, 1.165) is 5.56 Å². The third kappa shape index (κ3) is 7.23. The van der Waals surface area contributed by atoms with Crippen molar-refractivity contribution in [1.29, 1.82) is 0 Å². The van der Waals surface area contributed by atoms with Gasteiger partial charge in [0, 0.05) is 5.69 Å². The van der Waals surface area contributed by atoms with Crippen LogP contribution in [0, 0.1) is 6.92 Å². The number of methoxy groups -OCH3 is 1. The summed E-state index contributed by atoms with van der Waals surface area (Å²) >= 11 is 0. The summed E-state index contributed by atoms with van der Waals surface area (Å²) in [6, 6.07) is 15.6. The van der Waals surface area contributed by atoms with Crippen molar-refractivity contribution < 1.29 is 28.3 Å². The standard InChI is InChI=1S/C24H24N4O6/c1-16-5-8-18(9-6-16)27-22(29)15-34-20-10-7-17(12-21(20)32-2)13-26-28-24(31)23(30)25-14-19-4-3-11-33-19/h3-13H,14-15H2,1-2H3,(H,25,30)(H,27,29)(H,28,31)/b26-13-. The number of furan rings is 1. The first-order valence-electron chi connectivity index (χ1n) is 10.3. The van der Waals surface area contributed by atoms with Crippen molar-refractivity contribution in [2.24, 2.45) is 5.10 Å². The second kappa shape index (κ2) is 11.9. The Labute approximate surface area is 195 Å². The molecule has 0 unspecified atom stereocenters. The van der Waals surface area contributed by atoms with E-state index in [1.54, 1.807) is 30.3 Å². The number of hydrogen-bond donors (Lipinski definition) is 3. The molecule has 0 atom stereocenters. The summed E-state index contributed by atoms with van der Waals surface area (Å²) in [4.78, 5) is 35.7. The number of carbonyl (C=O) groups is 3. The van der Waals surface area contributed by atoms with Crippen LogP contribution in [0.25, 0.3) is 0 Å². The summed E-state index contributed by atoms with van der Waals surface area (Å²) in [6.45, 7) is 1.84. The normalized spacial score (nSPS) is 10.5. The fourth-order valence-corrected chi connectivity index (χ4v) is 2.74. The number of anilines is 1. The van der Waals surface area contributed by atoms with Gasteiger partial charge in [0.15, 0.2) is 18.1 Å². The Morgan fingerprint density at radius 1 is 1.03 bits per heavy atom. The van der Waals surface area contributed by atoms with Gasteiger partial charge in [-0.15, -0.1) is 0 Å². The van der Waals surface area contributed by atoms with Crippen molar-refractivity contribution in [3.8, 4) is 11.5 Å². The highest BCUT2D eigenvalue weighted by Gasteiger charge is 2.13. The van der Waals surface area contributed by atoms with Gasteiger partial charge < -0.3 is 24.5 Å². The van der Waals surface area contributed by atoms with Crippen LogP contribution in [0.1, 0.15) is 16.9 Å². The predicted molar refractivity (Wildman–Crippen MR) is 125 cm³/mol. The second-order valence-corrected chi connectivity index (χ2v) is 7.07. The summed E-state index contributed by atoms with van der Waals surface area (Å²) in [5, 5.41) is 8.93. The van der Waals surface area contributed by atoms with E-state index in [9.17, 15) is 14.4 Å². The number of amides is 3. The van der Waals surface area contributed by atoms with E-state index in [1.165, 1.54) is 19.6 Å². The van der Waals surface area contributed by atoms with Crippen molar-refractivity contribution in [3.63, 3.8) is 0 Å². The zero-order valence-corrected chi connectivity index (χ0v) is 18.7. The largest absolute Gasteiger partial charge is 0.493 e. The fourth-order valence-electron chi connectivity index (χ4n) is 2.74. The predicted octanol–water partition coefficient (Wildman–Crippen LogP) is 2.38. The van der Waals surface area contributed by atoms with Gasteiger partial charge in [0.2, 0.25) is 0 Å². The third-order valence-corrected chi connectivity index (χ3v) is 4.47. The van der Waals surface area contributed by atoms with E-state index in [1.807, 2.05) is 31.2 Å². The van der Waals surface area contributed by atoms with Gasteiger partial charge in [0.1, 0.15) is 5.76 Å². The monoisotopic (exact) mass is 464 g/mol. The smallest absolute Gasteiger partial charge is 0.329 e. The number of ether oxygens (including phenoxy) is 2.